The molecule has 96 valence electrons. The summed E-state index contributed by atoms with van der Waals surface area (Å²) in [4.78, 5) is 4.34. The van der Waals surface area contributed by atoms with Gasteiger partial charge >= 0.3 is 0 Å². The maximum absolute atomic E-state index is 13.8. The molecule has 0 unspecified atom stereocenters. The van der Waals surface area contributed by atoms with Gasteiger partial charge in [-0.25, -0.2) is 9.37 Å². The van der Waals surface area contributed by atoms with Crippen molar-refractivity contribution in [1.82, 2.24) is 9.55 Å². The third-order valence-electron chi connectivity index (χ3n) is 2.83. The van der Waals surface area contributed by atoms with Crippen LogP contribution in [0.25, 0.3) is 11.3 Å². The molecule has 0 radical (unpaired) electrons. The molecule has 0 spiro atoms. The number of benzene rings is 1. The van der Waals surface area contributed by atoms with E-state index in [-0.39, 0.29) is 5.82 Å². The molecule has 0 aliphatic carbocycles. The van der Waals surface area contributed by atoms with E-state index in [0.29, 0.717) is 22.1 Å². The van der Waals surface area contributed by atoms with Crippen LogP contribution in [-0.2, 0) is 6.54 Å². The molecule has 5 heteroatoms. The number of nitrogens with two attached hydrogens (primary N) is 1. The van der Waals surface area contributed by atoms with Gasteiger partial charge in [-0.2, -0.15) is 0 Å². The molecule has 1 aromatic heterocycles. The summed E-state index contributed by atoms with van der Waals surface area (Å²) in [5, 5.41) is 0.466. The van der Waals surface area contributed by atoms with Gasteiger partial charge < -0.3 is 10.3 Å². The topological polar surface area (TPSA) is 43.8 Å². The second kappa shape index (κ2) is 4.98. The third-order valence-corrected chi connectivity index (χ3v) is 3.06. The molecule has 2 rings (SSSR count). The lowest BCUT2D eigenvalue weighted by molar-refractivity contribution is 0.631. The maximum Gasteiger partial charge on any atom is 0.132 e. The Morgan fingerprint density at radius 1 is 1.44 bits per heavy atom. The molecule has 1 aromatic carbocycles. The van der Waals surface area contributed by atoms with E-state index in [1.54, 1.807) is 6.07 Å². The SMILES string of the molecule is CCCn1c(C)nc(-c2cc(Cl)ccc2F)c1N. The molecule has 0 bridgehead atoms. The predicted octanol–water partition coefficient (Wildman–Crippen LogP) is 3.64. The number of imidazole rings is 1. The quantitative estimate of drug-likeness (QED) is 0.923. The van der Waals surface area contributed by atoms with Crippen LogP contribution < -0.4 is 5.73 Å². The summed E-state index contributed by atoms with van der Waals surface area (Å²) in [6.45, 7) is 4.68. The highest BCUT2D eigenvalue weighted by atomic mass is 35.5. The summed E-state index contributed by atoms with van der Waals surface area (Å²) in [6.07, 6.45) is 0.943. The molecule has 3 nitrogen and oxygen atoms in total. The van der Waals surface area contributed by atoms with Crippen molar-refractivity contribution in [3.05, 3.63) is 34.9 Å². The second-order valence-corrected chi connectivity index (χ2v) is 4.61. The number of aryl methyl sites for hydroxylation is 1. The Morgan fingerprint density at radius 2 is 2.17 bits per heavy atom. The van der Waals surface area contributed by atoms with Crippen molar-refractivity contribution in [3.8, 4) is 11.3 Å². The normalized spacial score (nSPS) is 10.9. The first-order valence-corrected chi connectivity index (χ1v) is 6.20. The zero-order valence-corrected chi connectivity index (χ0v) is 11.1. The highest BCUT2D eigenvalue weighted by Gasteiger charge is 2.16. The van der Waals surface area contributed by atoms with Gasteiger partial charge in [0, 0.05) is 17.1 Å². The second-order valence-electron chi connectivity index (χ2n) is 4.17. The molecular weight excluding hydrogens is 253 g/mol. The van der Waals surface area contributed by atoms with Crippen molar-refractivity contribution < 1.29 is 4.39 Å². The summed E-state index contributed by atoms with van der Waals surface area (Å²) in [5.41, 5.74) is 6.84. The number of halogens is 2. The van der Waals surface area contributed by atoms with Gasteiger partial charge in [-0.3, -0.25) is 0 Å². The molecule has 1 heterocycles. The van der Waals surface area contributed by atoms with Crippen molar-refractivity contribution >= 4 is 17.4 Å². The lowest BCUT2D eigenvalue weighted by Gasteiger charge is -2.06. The van der Waals surface area contributed by atoms with Gasteiger partial charge in [-0.05, 0) is 31.5 Å². The van der Waals surface area contributed by atoms with Crippen molar-refractivity contribution in [2.75, 3.05) is 5.73 Å². The van der Waals surface area contributed by atoms with Crippen LogP contribution in [-0.4, -0.2) is 9.55 Å². The van der Waals surface area contributed by atoms with Crippen LogP contribution >= 0.6 is 11.6 Å². The number of aromatic nitrogens is 2. The summed E-state index contributed by atoms with van der Waals surface area (Å²) in [5.74, 6) is 0.895. The van der Waals surface area contributed by atoms with Crippen molar-refractivity contribution in [1.29, 1.82) is 0 Å². The summed E-state index contributed by atoms with van der Waals surface area (Å²) < 4.78 is 15.7. The number of anilines is 1. The van der Waals surface area contributed by atoms with Crippen molar-refractivity contribution in [3.63, 3.8) is 0 Å². The van der Waals surface area contributed by atoms with Gasteiger partial charge in [-0.15, -0.1) is 0 Å². The van der Waals surface area contributed by atoms with E-state index in [4.69, 9.17) is 17.3 Å². The molecular formula is C13H15ClFN3. The molecule has 0 aliphatic heterocycles. The van der Waals surface area contributed by atoms with Crippen LogP contribution in [0.4, 0.5) is 10.2 Å². The van der Waals surface area contributed by atoms with E-state index in [9.17, 15) is 4.39 Å². The van der Waals surface area contributed by atoms with E-state index in [0.717, 1.165) is 18.8 Å². The number of nitrogen functional groups attached to an aromatic ring is 1. The summed E-state index contributed by atoms with van der Waals surface area (Å²) >= 11 is 5.88. The Labute approximate surface area is 110 Å². The Morgan fingerprint density at radius 3 is 2.83 bits per heavy atom. The Hall–Kier alpha value is -1.55. The van der Waals surface area contributed by atoms with E-state index in [1.807, 2.05) is 11.5 Å². The number of hydrogen-bond acceptors (Lipinski definition) is 2. The number of rotatable bonds is 3. The van der Waals surface area contributed by atoms with Gasteiger partial charge in [0.15, 0.2) is 0 Å². The maximum atomic E-state index is 13.8. The van der Waals surface area contributed by atoms with Gasteiger partial charge in [0.1, 0.15) is 23.2 Å². The molecule has 0 aliphatic rings. The van der Waals surface area contributed by atoms with Gasteiger partial charge in [0.2, 0.25) is 0 Å². The minimum atomic E-state index is -0.368. The van der Waals surface area contributed by atoms with Crippen molar-refractivity contribution in [2.24, 2.45) is 0 Å². The van der Waals surface area contributed by atoms with Gasteiger partial charge in [0.05, 0.1) is 0 Å². The predicted molar refractivity (Wildman–Crippen MR) is 72.1 cm³/mol. The summed E-state index contributed by atoms with van der Waals surface area (Å²) in [7, 11) is 0. The molecule has 2 N–H and O–H groups in total. The molecule has 0 fully saturated rings. The highest BCUT2D eigenvalue weighted by Crippen LogP contribution is 2.30. The first-order valence-electron chi connectivity index (χ1n) is 5.82. The monoisotopic (exact) mass is 267 g/mol. The fraction of sp³-hybridized carbons (Fsp3) is 0.308. The highest BCUT2D eigenvalue weighted by molar-refractivity contribution is 6.30. The fourth-order valence-corrected chi connectivity index (χ4v) is 2.14. The summed E-state index contributed by atoms with van der Waals surface area (Å²) in [6, 6.07) is 4.38. The lowest BCUT2D eigenvalue weighted by Crippen LogP contribution is -2.04. The Bertz CT molecular complexity index is 578. The molecule has 2 aromatic rings. The fourth-order valence-electron chi connectivity index (χ4n) is 1.96. The zero-order chi connectivity index (χ0) is 13.3. The molecule has 0 saturated carbocycles. The number of nitrogens with zero attached hydrogens (tertiary/aromatic N) is 2. The van der Waals surface area contributed by atoms with E-state index < -0.39 is 0 Å². The Kier molecular flexibility index (Phi) is 3.57. The molecule has 0 amide bonds. The number of hydrogen-bond donors (Lipinski definition) is 1. The average molecular weight is 268 g/mol. The van der Waals surface area contributed by atoms with Crippen LogP contribution in [0.5, 0.6) is 0 Å². The first-order chi connectivity index (χ1) is 8.54. The average Bonchev–Trinajstić information content (AvgIpc) is 2.61. The van der Waals surface area contributed by atoms with E-state index in [2.05, 4.69) is 11.9 Å². The van der Waals surface area contributed by atoms with Gasteiger partial charge in [-0.1, -0.05) is 18.5 Å². The van der Waals surface area contributed by atoms with E-state index >= 15 is 0 Å². The molecule has 0 saturated heterocycles. The van der Waals surface area contributed by atoms with E-state index in [1.165, 1.54) is 12.1 Å². The largest absolute Gasteiger partial charge is 0.383 e. The first kappa shape index (κ1) is 12.9. The Balaban J connectivity index is 2.57. The van der Waals surface area contributed by atoms with Crippen molar-refractivity contribution in [2.45, 2.75) is 26.8 Å². The van der Waals surface area contributed by atoms with Gasteiger partial charge in [0.25, 0.3) is 0 Å². The smallest absolute Gasteiger partial charge is 0.132 e. The minimum Gasteiger partial charge on any atom is -0.383 e. The van der Waals surface area contributed by atoms with Crippen LogP contribution in [0.2, 0.25) is 5.02 Å². The third kappa shape index (κ3) is 2.20. The van der Waals surface area contributed by atoms with Crippen LogP contribution in [0, 0.1) is 12.7 Å². The standard InChI is InChI=1S/C13H15ClFN3/c1-3-6-18-8(2)17-12(13(18)16)10-7-9(14)4-5-11(10)15/h4-5,7H,3,6,16H2,1-2H3. The van der Waals surface area contributed by atoms with Crippen LogP contribution in [0.3, 0.4) is 0 Å². The lowest BCUT2D eigenvalue weighted by atomic mass is 10.1. The van der Waals surface area contributed by atoms with Crippen LogP contribution in [0.15, 0.2) is 18.2 Å². The van der Waals surface area contributed by atoms with Crippen LogP contribution in [0.1, 0.15) is 19.2 Å². The molecule has 0 atom stereocenters. The minimum absolute atomic E-state index is 0.345. The molecule has 18 heavy (non-hydrogen) atoms. The zero-order valence-electron chi connectivity index (χ0n) is 10.4.